The largest absolute Gasteiger partial charge is 0.503 e. The van der Waals surface area contributed by atoms with Crippen LogP contribution >= 0.6 is 15.9 Å². The number of aromatic hydroxyl groups is 1. The van der Waals surface area contributed by atoms with Gasteiger partial charge in [0.1, 0.15) is 0 Å². The molecule has 0 fully saturated rings. The van der Waals surface area contributed by atoms with Gasteiger partial charge in [-0.15, -0.1) is 0 Å². The maximum absolute atomic E-state index is 11.5. The number of phenolic OH excluding ortho intramolecular Hbond substituents is 1. The third-order valence-electron chi connectivity index (χ3n) is 2.25. The van der Waals surface area contributed by atoms with Crippen LogP contribution in [0, 0.1) is 0 Å². The van der Waals surface area contributed by atoms with Gasteiger partial charge in [-0.05, 0) is 53.5 Å². The lowest BCUT2D eigenvalue weighted by Gasteiger charge is -2.07. The molecule has 0 aliphatic heterocycles. The molecule has 0 aliphatic rings. The molecule has 0 atom stereocenters. The van der Waals surface area contributed by atoms with Crippen LogP contribution in [0.4, 0.5) is 0 Å². The Labute approximate surface area is 114 Å². The van der Waals surface area contributed by atoms with E-state index in [9.17, 15) is 9.90 Å². The second-order valence-corrected chi connectivity index (χ2v) is 4.46. The van der Waals surface area contributed by atoms with Crippen molar-refractivity contribution in [3.8, 4) is 11.5 Å². The van der Waals surface area contributed by atoms with Crippen LogP contribution in [0.25, 0.3) is 6.08 Å². The zero-order valence-electron chi connectivity index (χ0n) is 10.5. The van der Waals surface area contributed by atoms with E-state index in [1.807, 2.05) is 0 Å². The number of benzene rings is 1. The molecule has 4 nitrogen and oxygen atoms in total. The highest BCUT2D eigenvalue weighted by Crippen LogP contribution is 2.35. The van der Waals surface area contributed by atoms with Gasteiger partial charge in [0.25, 0.3) is 0 Å². The lowest BCUT2D eigenvalue weighted by atomic mass is 10.1. The number of carbonyl (C=O) groups excluding carboxylic acids is 1. The minimum Gasteiger partial charge on any atom is -0.503 e. The fourth-order valence-electron chi connectivity index (χ4n) is 1.39. The number of halogens is 1. The quantitative estimate of drug-likeness (QED) is 0.685. The van der Waals surface area contributed by atoms with Gasteiger partial charge >= 0.3 is 5.97 Å². The normalized spacial score (nSPS) is 11.2. The number of hydrogen-bond acceptors (Lipinski definition) is 4. The van der Waals surface area contributed by atoms with Gasteiger partial charge in [0.2, 0.25) is 0 Å². The van der Waals surface area contributed by atoms with Gasteiger partial charge in [0, 0.05) is 5.57 Å². The van der Waals surface area contributed by atoms with Crippen molar-refractivity contribution < 1.29 is 19.4 Å². The SMILES string of the molecule is CCOC(=O)/C(C)=C/c1cc(Br)c(O)c(OC)c1. The third-order valence-corrected chi connectivity index (χ3v) is 2.86. The second-order valence-electron chi connectivity index (χ2n) is 3.60. The highest BCUT2D eigenvalue weighted by Gasteiger charge is 2.09. The van der Waals surface area contributed by atoms with Crippen LogP contribution in [-0.4, -0.2) is 24.8 Å². The van der Waals surface area contributed by atoms with E-state index in [2.05, 4.69) is 15.9 Å². The van der Waals surface area contributed by atoms with Crippen molar-refractivity contribution in [2.24, 2.45) is 0 Å². The van der Waals surface area contributed by atoms with Crippen molar-refractivity contribution in [2.45, 2.75) is 13.8 Å². The molecule has 0 aliphatic carbocycles. The van der Waals surface area contributed by atoms with Crippen molar-refractivity contribution in [1.29, 1.82) is 0 Å². The highest BCUT2D eigenvalue weighted by atomic mass is 79.9. The maximum atomic E-state index is 11.5. The molecule has 0 amide bonds. The van der Waals surface area contributed by atoms with Crippen molar-refractivity contribution in [3.05, 3.63) is 27.7 Å². The Hall–Kier alpha value is -1.49. The van der Waals surface area contributed by atoms with Crippen LogP contribution in [0.2, 0.25) is 0 Å². The van der Waals surface area contributed by atoms with Crippen LogP contribution in [0.5, 0.6) is 11.5 Å². The molecule has 0 saturated carbocycles. The topological polar surface area (TPSA) is 55.8 Å². The fraction of sp³-hybridized carbons (Fsp3) is 0.308. The molecule has 0 saturated heterocycles. The van der Waals surface area contributed by atoms with E-state index in [4.69, 9.17) is 9.47 Å². The van der Waals surface area contributed by atoms with E-state index >= 15 is 0 Å². The Morgan fingerprint density at radius 3 is 2.72 bits per heavy atom. The summed E-state index contributed by atoms with van der Waals surface area (Å²) < 4.78 is 10.4. The zero-order valence-corrected chi connectivity index (χ0v) is 12.1. The van der Waals surface area contributed by atoms with Crippen molar-refractivity contribution in [1.82, 2.24) is 0 Å². The second kappa shape index (κ2) is 6.44. The summed E-state index contributed by atoms with van der Waals surface area (Å²) in [5, 5.41) is 9.67. The molecule has 0 bridgehead atoms. The van der Waals surface area contributed by atoms with Crippen LogP contribution in [0.1, 0.15) is 19.4 Å². The third kappa shape index (κ3) is 3.50. The molecule has 98 valence electrons. The molecule has 0 spiro atoms. The van der Waals surface area contributed by atoms with E-state index in [0.717, 1.165) is 5.56 Å². The standard InChI is InChI=1S/C13H15BrO4/c1-4-18-13(16)8(2)5-9-6-10(14)12(15)11(7-9)17-3/h5-7,15H,4H2,1-3H3/b8-5+. The number of hydrogen-bond donors (Lipinski definition) is 1. The smallest absolute Gasteiger partial charge is 0.333 e. The molecule has 1 N–H and O–H groups in total. The van der Waals surface area contributed by atoms with Gasteiger partial charge in [0.15, 0.2) is 11.5 Å². The molecule has 1 rings (SSSR count). The number of phenols is 1. The summed E-state index contributed by atoms with van der Waals surface area (Å²) in [4.78, 5) is 11.5. The van der Waals surface area contributed by atoms with Gasteiger partial charge in [-0.2, -0.15) is 0 Å². The van der Waals surface area contributed by atoms with Crippen LogP contribution in [0.3, 0.4) is 0 Å². The molecular weight excluding hydrogens is 300 g/mol. The molecular formula is C13H15BrO4. The summed E-state index contributed by atoms with van der Waals surface area (Å²) in [6.45, 7) is 3.77. The van der Waals surface area contributed by atoms with Gasteiger partial charge in [-0.25, -0.2) is 4.79 Å². The van der Waals surface area contributed by atoms with Crippen LogP contribution in [0.15, 0.2) is 22.2 Å². The number of methoxy groups -OCH3 is 1. The van der Waals surface area contributed by atoms with Gasteiger partial charge < -0.3 is 14.6 Å². The summed E-state index contributed by atoms with van der Waals surface area (Å²) in [5.74, 6) is 0.0105. The van der Waals surface area contributed by atoms with Gasteiger partial charge in [-0.1, -0.05) is 0 Å². The molecule has 0 radical (unpaired) electrons. The number of ether oxygens (including phenoxy) is 2. The number of esters is 1. The van der Waals surface area contributed by atoms with Crippen LogP contribution < -0.4 is 4.74 Å². The highest BCUT2D eigenvalue weighted by molar-refractivity contribution is 9.10. The minimum absolute atomic E-state index is 0.0310. The van der Waals surface area contributed by atoms with E-state index in [-0.39, 0.29) is 11.7 Å². The van der Waals surface area contributed by atoms with Crippen molar-refractivity contribution in [2.75, 3.05) is 13.7 Å². The molecule has 0 unspecified atom stereocenters. The Morgan fingerprint density at radius 1 is 1.50 bits per heavy atom. The number of rotatable bonds is 4. The lowest BCUT2D eigenvalue weighted by Crippen LogP contribution is -2.04. The molecule has 0 aromatic heterocycles. The zero-order chi connectivity index (χ0) is 13.7. The minimum atomic E-state index is -0.360. The first-order chi connectivity index (χ1) is 8.49. The van der Waals surface area contributed by atoms with Gasteiger partial charge in [0.05, 0.1) is 18.2 Å². The van der Waals surface area contributed by atoms with E-state index in [0.29, 0.717) is 22.4 Å². The summed E-state index contributed by atoms with van der Waals surface area (Å²) in [7, 11) is 1.47. The molecule has 18 heavy (non-hydrogen) atoms. The molecule has 5 heteroatoms. The summed E-state index contributed by atoms with van der Waals surface area (Å²) in [6, 6.07) is 3.34. The predicted molar refractivity (Wildman–Crippen MR) is 72.6 cm³/mol. The maximum Gasteiger partial charge on any atom is 0.333 e. The Morgan fingerprint density at radius 2 is 2.17 bits per heavy atom. The fourth-order valence-corrected chi connectivity index (χ4v) is 1.85. The molecule has 1 aromatic carbocycles. The molecule has 0 heterocycles. The first kappa shape index (κ1) is 14.6. The van der Waals surface area contributed by atoms with Crippen molar-refractivity contribution >= 4 is 28.0 Å². The molecule has 1 aromatic rings. The summed E-state index contributed by atoms with van der Waals surface area (Å²) in [5.41, 5.74) is 1.22. The Kier molecular flexibility index (Phi) is 5.22. The van der Waals surface area contributed by atoms with E-state index in [1.165, 1.54) is 7.11 Å². The monoisotopic (exact) mass is 314 g/mol. The van der Waals surface area contributed by atoms with Crippen molar-refractivity contribution in [3.63, 3.8) is 0 Å². The average molecular weight is 315 g/mol. The summed E-state index contributed by atoms with van der Waals surface area (Å²) in [6.07, 6.45) is 1.67. The Bertz CT molecular complexity index is 480. The first-order valence-corrected chi connectivity index (χ1v) is 6.20. The average Bonchev–Trinajstić information content (AvgIpc) is 2.33. The Balaban J connectivity index is 3.08. The van der Waals surface area contributed by atoms with E-state index < -0.39 is 0 Å². The predicted octanol–water partition coefficient (Wildman–Crippen LogP) is 3.13. The van der Waals surface area contributed by atoms with E-state index in [1.54, 1.807) is 32.1 Å². The first-order valence-electron chi connectivity index (χ1n) is 5.41. The van der Waals surface area contributed by atoms with Crippen LogP contribution in [-0.2, 0) is 9.53 Å². The number of carbonyl (C=O) groups is 1. The summed E-state index contributed by atoms with van der Waals surface area (Å²) >= 11 is 3.22. The lowest BCUT2D eigenvalue weighted by molar-refractivity contribution is -0.138. The van der Waals surface area contributed by atoms with Gasteiger partial charge in [-0.3, -0.25) is 0 Å².